The second-order valence-electron chi connectivity index (χ2n) is 5.88. The molecule has 0 spiro atoms. The van der Waals surface area contributed by atoms with Crippen LogP contribution in [-0.2, 0) is 10.2 Å². The Balaban J connectivity index is 1.87. The summed E-state index contributed by atoms with van der Waals surface area (Å²) in [5.41, 5.74) is 0.460. The average molecular weight is 331 g/mol. The standard InChI is InChI=1S/C17H18FN3O3/c18-14-4-1-3-13(11-14)17(6-9-24-10-7-17)12-20-16-15(21(22)23)5-2-8-19-16/h1-5,8,11H,6-7,9-10,12H2,(H,19,20). The van der Waals surface area contributed by atoms with Crippen LogP contribution < -0.4 is 5.32 Å². The van der Waals surface area contributed by atoms with Gasteiger partial charge in [0.25, 0.3) is 0 Å². The lowest BCUT2D eigenvalue weighted by atomic mass is 9.74. The van der Waals surface area contributed by atoms with Crippen molar-refractivity contribution in [3.8, 4) is 0 Å². The van der Waals surface area contributed by atoms with Gasteiger partial charge < -0.3 is 10.1 Å². The molecular formula is C17H18FN3O3. The molecular weight excluding hydrogens is 313 g/mol. The summed E-state index contributed by atoms with van der Waals surface area (Å²) < 4.78 is 19.1. The van der Waals surface area contributed by atoms with Crippen molar-refractivity contribution in [3.05, 3.63) is 64.1 Å². The fraction of sp³-hybridized carbons (Fsp3) is 0.353. The normalized spacial score (nSPS) is 16.5. The summed E-state index contributed by atoms with van der Waals surface area (Å²) in [4.78, 5) is 14.7. The van der Waals surface area contributed by atoms with Crippen LogP contribution in [-0.4, -0.2) is 29.7 Å². The molecule has 0 aliphatic carbocycles. The van der Waals surface area contributed by atoms with E-state index in [1.807, 2.05) is 6.07 Å². The first-order valence-electron chi connectivity index (χ1n) is 7.78. The van der Waals surface area contributed by atoms with E-state index in [0.717, 1.165) is 5.56 Å². The van der Waals surface area contributed by atoms with Crippen molar-refractivity contribution in [1.82, 2.24) is 4.98 Å². The molecule has 0 amide bonds. The Kier molecular flexibility index (Phi) is 4.71. The Labute approximate surface area is 138 Å². The third-order valence-corrected chi connectivity index (χ3v) is 4.46. The maximum Gasteiger partial charge on any atom is 0.311 e. The third-order valence-electron chi connectivity index (χ3n) is 4.46. The minimum atomic E-state index is -0.464. The molecule has 2 heterocycles. The number of benzene rings is 1. The molecule has 0 bridgehead atoms. The van der Waals surface area contributed by atoms with Gasteiger partial charge in [-0.25, -0.2) is 9.37 Å². The number of ether oxygens (including phenoxy) is 1. The minimum Gasteiger partial charge on any atom is -0.381 e. The number of hydrogen-bond acceptors (Lipinski definition) is 5. The lowest BCUT2D eigenvalue weighted by molar-refractivity contribution is -0.384. The molecule has 1 saturated heterocycles. The third kappa shape index (κ3) is 3.35. The summed E-state index contributed by atoms with van der Waals surface area (Å²) in [6, 6.07) is 9.45. The first-order valence-corrected chi connectivity index (χ1v) is 7.78. The van der Waals surface area contributed by atoms with E-state index in [2.05, 4.69) is 10.3 Å². The summed E-state index contributed by atoms with van der Waals surface area (Å²) in [5.74, 6) is -0.0630. The molecule has 1 fully saturated rings. The van der Waals surface area contributed by atoms with Gasteiger partial charge in [0.1, 0.15) is 5.82 Å². The zero-order chi connectivity index (χ0) is 17.0. The minimum absolute atomic E-state index is 0.0704. The zero-order valence-corrected chi connectivity index (χ0v) is 13.1. The fourth-order valence-electron chi connectivity index (χ4n) is 3.08. The Morgan fingerprint density at radius 3 is 2.79 bits per heavy atom. The molecule has 3 rings (SSSR count). The first kappa shape index (κ1) is 16.3. The Hall–Kier alpha value is -2.54. The van der Waals surface area contributed by atoms with E-state index in [-0.39, 0.29) is 22.7 Å². The van der Waals surface area contributed by atoms with Crippen LogP contribution in [0.1, 0.15) is 18.4 Å². The van der Waals surface area contributed by atoms with E-state index in [0.29, 0.717) is 32.6 Å². The number of nitro groups is 1. The van der Waals surface area contributed by atoms with Gasteiger partial charge in [0, 0.05) is 37.4 Å². The smallest absolute Gasteiger partial charge is 0.311 e. The number of nitrogens with zero attached hydrogens (tertiary/aromatic N) is 2. The SMILES string of the molecule is O=[N+]([O-])c1cccnc1NCC1(c2cccc(F)c2)CCOCC1. The van der Waals surface area contributed by atoms with Crippen molar-refractivity contribution in [1.29, 1.82) is 0 Å². The van der Waals surface area contributed by atoms with Crippen LogP contribution >= 0.6 is 0 Å². The van der Waals surface area contributed by atoms with E-state index >= 15 is 0 Å². The van der Waals surface area contributed by atoms with Crippen LogP contribution in [0, 0.1) is 15.9 Å². The van der Waals surface area contributed by atoms with E-state index in [4.69, 9.17) is 4.74 Å². The van der Waals surface area contributed by atoms with Crippen LogP contribution in [0.25, 0.3) is 0 Å². The van der Waals surface area contributed by atoms with Gasteiger partial charge in [0.05, 0.1) is 4.92 Å². The van der Waals surface area contributed by atoms with Gasteiger partial charge in [-0.3, -0.25) is 10.1 Å². The fourth-order valence-corrected chi connectivity index (χ4v) is 3.08. The van der Waals surface area contributed by atoms with Gasteiger partial charge in [0.2, 0.25) is 5.82 Å². The van der Waals surface area contributed by atoms with E-state index < -0.39 is 4.92 Å². The highest BCUT2D eigenvalue weighted by atomic mass is 19.1. The summed E-state index contributed by atoms with van der Waals surface area (Å²) in [6.45, 7) is 1.57. The van der Waals surface area contributed by atoms with Crippen LogP contribution in [0.5, 0.6) is 0 Å². The van der Waals surface area contributed by atoms with Gasteiger partial charge in [-0.1, -0.05) is 12.1 Å². The summed E-state index contributed by atoms with van der Waals surface area (Å²) >= 11 is 0. The second-order valence-corrected chi connectivity index (χ2v) is 5.88. The van der Waals surface area contributed by atoms with Crippen molar-refractivity contribution in [2.45, 2.75) is 18.3 Å². The molecule has 2 aromatic rings. The summed E-state index contributed by atoms with van der Waals surface area (Å²) in [5, 5.41) is 14.2. The Bertz CT molecular complexity index is 733. The number of aromatic nitrogens is 1. The van der Waals surface area contributed by atoms with Crippen LogP contribution in [0.2, 0.25) is 0 Å². The Morgan fingerprint density at radius 1 is 1.29 bits per heavy atom. The molecule has 0 saturated carbocycles. The molecule has 126 valence electrons. The van der Waals surface area contributed by atoms with Crippen molar-refractivity contribution in [3.63, 3.8) is 0 Å². The molecule has 1 aromatic carbocycles. The van der Waals surface area contributed by atoms with Crippen molar-refractivity contribution >= 4 is 11.5 Å². The topological polar surface area (TPSA) is 77.3 Å². The molecule has 1 aromatic heterocycles. The van der Waals surface area contributed by atoms with Crippen molar-refractivity contribution in [2.24, 2.45) is 0 Å². The molecule has 0 atom stereocenters. The maximum absolute atomic E-state index is 13.7. The Morgan fingerprint density at radius 2 is 2.08 bits per heavy atom. The van der Waals surface area contributed by atoms with Crippen LogP contribution in [0.3, 0.4) is 0 Å². The predicted molar refractivity (Wildman–Crippen MR) is 87.5 cm³/mol. The van der Waals surface area contributed by atoms with Gasteiger partial charge in [0.15, 0.2) is 0 Å². The highest BCUT2D eigenvalue weighted by Gasteiger charge is 2.35. The van der Waals surface area contributed by atoms with Gasteiger partial charge in [-0.15, -0.1) is 0 Å². The quantitative estimate of drug-likeness (QED) is 0.672. The number of hydrogen-bond donors (Lipinski definition) is 1. The number of rotatable bonds is 5. The predicted octanol–water partition coefficient (Wildman–Crippen LogP) is 3.29. The first-order chi connectivity index (χ1) is 11.6. The number of nitrogens with one attached hydrogen (secondary N) is 1. The molecule has 1 aliphatic heterocycles. The molecule has 7 heteroatoms. The summed E-state index contributed by atoms with van der Waals surface area (Å²) in [7, 11) is 0. The van der Waals surface area contributed by atoms with Gasteiger partial charge in [-0.2, -0.15) is 0 Å². The van der Waals surface area contributed by atoms with E-state index in [1.165, 1.54) is 30.5 Å². The molecule has 1 N–H and O–H groups in total. The second kappa shape index (κ2) is 6.92. The maximum atomic E-state index is 13.7. The van der Waals surface area contributed by atoms with Crippen LogP contribution in [0.15, 0.2) is 42.6 Å². The molecule has 0 unspecified atom stereocenters. The molecule has 24 heavy (non-hydrogen) atoms. The number of anilines is 1. The van der Waals surface area contributed by atoms with Gasteiger partial charge in [-0.05, 0) is 36.6 Å². The molecule has 0 radical (unpaired) electrons. The van der Waals surface area contributed by atoms with Crippen molar-refractivity contribution in [2.75, 3.05) is 25.1 Å². The summed E-state index contributed by atoms with van der Waals surface area (Å²) in [6.07, 6.45) is 2.93. The van der Waals surface area contributed by atoms with Crippen LogP contribution in [0.4, 0.5) is 15.9 Å². The monoisotopic (exact) mass is 331 g/mol. The van der Waals surface area contributed by atoms with E-state index in [9.17, 15) is 14.5 Å². The lowest BCUT2D eigenvalue weighted by Crippen LogP contribution is -2.40. The average Bonchev–Trinajstić information content (AvgIpc) is 2.61. The largest absolute Gasteiger partial charge is 0.381 e. The van der Waals surface area contributed by atoms with Gasteiger partial charge >= 0.3 is 5.69 Å². The number of halogens is 1. The molecule has 1 aliphatic rings. The highest BCUT2D eigenvalue weighted by molar-refractivity contribution is 5.55. The number of pyridine rings is 1. The van der Waals surface area contributed by atoms with E-state index in [1.54, 1.807) is 6.07 Å². The molecule has 6 nitrogen and oxygen atoms in total. The lowest BCUT2D eigenvalue weighted by Gasteiger charge is -2.38. The highest BCUT2D eigenvalue weighted by Crippen LogP contribution is 2.36. The van der Waals surface area contributed by atoms with Crippen molar-refractivity contribution < 1.29 is 14.1 Å². The zero-order valence-electron chi connectivity index (χ0n) is 13.1.